The summed E-state index contributed by atoms with van der Waals surface area (Å²) in [7, 11) is 1.78. The van der Waals surface area contributed by atoms with E-state index in [1.165, 1.54) is 0 Å². The fraction of sp³-hybridized carbons (Fsp3) is 0.533. The van der Waals surface area contributed by atoms with Gasteiger partial charge in [-0.15, -0.1) is 12.4 Å². The number of nitrogens with zero attached hydrogens (tertiary/aromatic N) is 1. The molecule has 1 aromatic carbocycles. The van der Waals surface area contributed by atoms with Gasteiger partial charge in [0.05, 0.1) is 0 Å². The molecule has 120 valence electrons. The number of benzene rings is 1. The van der Waals surface area contributed by atoms with Crippen LogP contribution in [0.2, 0.25) is 0 Å². The van der Waals surface area contributed by atoms with Crippen molar-refractivity contribution in [1.29, 1.82) is 0 Å². The number of ether oxygens (including phenoxy) is 1. The number of carbonyl (C=O) groups is 1. The molecule has 0 aliphatic rings. The third-order valence-electron chi connectivity index (χ3n) is 3.24. The van der Waals surface area contributed by atoms with Crippen molar-refractivity contribution in [1.82, 2.24) is 4.90 Å². The van der Waals surface area contributed by atoms with Crippen LogP contribution in [0.4, 0.5) is 0 Å². The number of hydrogen-bond acceptors (Lipinski definition) is 3. The largest absolute Gasteiger partial charge is 0.484 e. The molecule has 1 aromatic rings. The minimum absolute atomic E-state index is 0. The van der Waals surface area contributed by atoms with E-state index in [1.54, 1.807) is 11.9 Å². The van der Waals surface area contributed by atoms with Gasteiger partial charge in [0.25, 0.3) is 5.91 Å². The van der Waals surface area contributed by atoms with Crippen LogP contribution in [0.3, 0.4) is 0 Å². The predicted molar refractivity (Wildman–Crippen MR) is 92.0 cm³/mol. The molecule has 0 fully saturated rings. The van der Waals surface area contributed by atoms with E-state index in [9.17, 15) is 4.79 Å². The summed E-state index contributed by atoms with van der Waals surface area (Å²) in [4.78, 5) is 13.6. The lowest BCUT2D eigenvalue weighted by Crippen LogP contribution is -2.36. The van der Waals surface area contributed by atoms with Gasteiger partial charge < -0.3 is 15.4 Å². The lowest BCUT2D eigenvalue weighted by molar-refractivity contribution is -0.132. The van der Waals surface area contributed by atoms with E-state index in [2.05, 4.69) is 29.8 Å². The van der Waals surface area contributed by atoms with Crippen LogP contribution in [-0.2, 0) is 4.79 Å². The highest BCUT2D eigenvalue weighted by molar-refractivity contribution is 9.10. The monoisotopic (exact) mass is 378 g/mol. The molecule has 21 heavy (non-hydrogen) atoms. The average molecular weight is 380 g/mol. The zero-order valence-electron chi connectivity index (χ0n) is 12.7. The molecule has 2 N–H and O–H groups in total. The molecule has 0 bridgehead atoms. The van der Waals surface area contributed by atoms with Gasteiger partial charge in [0.15, 0.2) is 6.61 Å². The van der Waals surface area contributed by atoms with Gasteiger partial charge in [0, 0.05) is 24.1 Å². The van der Waals surface area contributed by atoms with Gasteiger partial charge in [-0.2, -0.15) is 0 Å². The number of nitrogens with two attached hydrogens (primary N) is 1. The summed E-state index contributed by atoms with van der Waals surface area (Å²) >= 11 is 3.36. The average Bonchev–Trinajstić information content (AvgIpc) is 2.41. The summed E-state index contributed by atoms with van der Waals surface area (Å²) < 4.78 is 6.40. The molecule has 4 nitrogen and oxygen atoms in total. The van der Waals surface area contributed by atoms with Crippen molar-refractivity contribution in [2.24, 2.45) is 11.7 Å². The van der Waals surface area contributed by atoms with E-state index in [4.69, 9.17) is 10.5 Å². The second-order valence-electron chi connectivity index (χ2n) is 5.26. The fourth-order valence-corrected chi connectivity index (χ4v) is 1.99. The standard InChI is InChI=1S/C15H23BrN2O2.ClH/c1-11(2)14(17)7-8-18(3)15(19)10-20-13-6-4-5-12(16)9-13;/h4-6,9,11,14H,7-8,10,17H2,1-3H3;1H. The summed E-state index contributed by atoms with van der Waals surface area (Å²) in [6.45, 7) is 4.87. The maximum absolute atomic E-state index is 11.9. The van der Waals surface area contributed by atoms with Crippen LogP contribution in [0.5, 0.6) is 5.75 Å². The second kappa shape index (κ2) is 10.0. The van der Waals surface area contributed by atoms with Crippen LogP contribution in [-0.4, -0.2) is 37.0 Å². The van der Waals surface area contributed by atoms with E-state index in [0.29, 0.717) is 18.2 Å². The van der Waals surface area contributed by atoms with Crippen LogP contribution >= 0.6 is 28.3 Å². The third-order valence-corrected chi connectivity index (χ3v) is 3.73. The number of likely N-dealkylation sites (N-methyl/N-ethyl adjacent to an activating group) is 1. The Hall–Kier alpha value is -0.780. The van der Waals surface area contributed by atoms with Gasteiger partial charge in [-0.1, -0.05) is 35.8 Å². The Morgan fingerprint density at radius 3 is 2.67 bits per heavy atom. The van der Waals surface area contributed by atoms with Crippen molar-refractivity contribution in [2.45, 2.75) is 26.3 Å². The Labute approximate surface area is 141 Å². The Bertz CT molecular complexity index is 443. The molecule has 6 heteroatoms. The number of rotatable bonds is 7. The molecule has 0 aliphatic heterocycles. The van der Waals surface area contributed by atoms with Crippen LogP contribution in [0, 0.1) is 5.92 Å². The highest BCUT2D eigenvalue weighted by Gasteiger charge is 2.13. The van der Waals surface area contributed by atoms with Crippen LogP contribution in [0.15, 0.2) is 28.7 Å². The van der Waals surface area contributed by atoms with Crippen molar-refractivity contribution in [3.8, 4) is 5.75 Å². The summed E-state index contributed by atoms with van der Waals surface area (Å²) in [5.74, 6) is 1.07. The highest BCUT2D eigenvalue weighted by atomic mass is 79.9. The SMILES string of the molecule is CC(C)C(N)CCN(C)C(=O)COc1cccc(Br)c1.Cl. The lowest BCUT2D eigenvalue weighted by Gasteiger charge is -2.21. The normalized spacial score (nSPS) is 11.7. The molecular weight excluding hydrogens is 356 g/mol. The van der Waals surface area contributed by atoms with E-state index < -0.39 is 0 Å². The van der Waals surface area contributed by atoms with Crippen molar-refractivity contribution in [3.63, 3.8) is 0 Å². The number of halogens is 2. The zero-order valence-corrected chi connectivity index (χ0v) is 15.1. The molecule has 0 saturated heterocycles. The Morgan fingerprint density at radius 1 is 1.43 bits per heavy atom. The maximum Gasteiger partial charge on any atom is 0.260 e. The highest BCUT2D eigenvalue weighted by Crippen LogP contribution is 2.17. The summed E-state index contributed by atoms with van der Waals surface area (Å²) in [6, 6.07) is 7.56. The quantitative estimate of drug-likeness (QED) is 0.792. The number of hydrogen-bond donors (Lipinski definition) is 1. The van der Waals surface area contributed by atoms with Crippen LogP contribution in [0.25, 0.3) is 0 Å². The molecule has 1 unspecified atom stereocenters. The minimum Gasteiger partial charge on any atom is -0.484 e. The Kier molecular flexibility index (Phi) is 9.66. The molecular formula is C15H24BrClN2O2. The van der Waals surface area contributed by atoms with Crippen molar-refractivity contribution < 1.29 is 9.53 Å². The molecule has 1 amide bonds. The zero-order chi connectivity index (χ0) is 15.1. The minimum atomic E-state index is -0.0408. The van der Waals surface area contributed by atoms with Gasteiger partial charge >= 0.3 is 0 Å². The number of carbonyl (C=O) groups excluding carboxylic acids is 1. The lowest BCUT2D eigenvalue weighted by atomic mass is 10.0. The van der Waals surface area contributed by atoms with Crippen LogP contribution < -0.4 is 10.5 Å². The molecule has 1 rings (SSSR count). The maximum atomic E-state index is 11.9. The first-order valence-corrected chi connectivity index (χ1v) is 7.57. The summed E-state index contributed by atoms with van der Waals surface area (Å²) in [5, 5.41) is 0. The molecule has 0 heterocycles. The van der Waals surface area contributed by atoms with Crippen molar-refractivity contribution >= 4 is 34.2 Å². The van der Waals surface area contributed by atoms with Crippen LogP contribution in [0.1, 0.15) is 20.3 Å². The smallest absolute Gasteiger partial charge is 0.260 e. The Balaban J connectivity index is 0.00000400. The van der Waals surface area contributed by atoms with Gasteiger partial charge in [0.1, 0.15) is 5.75 Å². The first-order valence-electron chi connectivity index (χ1n) is 6.78. The first-order chi connectivity index (χ1) is 9.40. The second-order valence-corrected chi connectivity index (χ2v) is 6.17. The fourth-order valence-electron chi connectivity index (χ4n) is 1.61. The van der Waals surface area contributed by atoms with Gasteiger partial charge in [-0.3, -0.25) is 4.79 Å². The first kappa shape index (κ1) is 20.2. The van der Waals surface area contributed by atoms with Gasteiger partial charge in [-0.25, -0.2) is 0 Å². The van der Waals surface area contributed by atoms with E-state index in [-0.39, 0.29) is 31.0 Å². The topological polar surface area (TPSA) is 55.6 Å². The van der Waals surface area contributed by atoms with E-state index in [0.717, 1.165) is 10.9 Å². The van der Waals surface area contributed by atoms with E-state index in [1.807, 2.05) is 24.3 Å². The van der Waals surface area contributed by atoms with Gasteiger partial charge in [0.2, 0.25) is 0 Å². The number of amides is 1. The molecule has 0 saturated carbocycles. The van der Waals surface area contributed by atoms with Crippen molar-refractivity contribution in [2.75, 3.05) is 20.2 Å². The summed E-state index contributed by atoms with van der Waals surface area (Å²) in [5.41, 5.74) is 5.97. The Morgan fingerprint density at radius 2 is 2.10 bits per heavy atom. The molecule has 0 aliphatic carbocycles. The molecule has 0 radical (unpaired) electrons. The predicted octanol–water partition coefficient (Wildman–Crippen LogP) is 3.08. The molecule has 0 aromatic heterocycles. The van der Waals surface area contributed by atoms with Gasteiger partial charge in [-0.05, 0) is 30.5 Å². The van der Waals surface area contributed by atoms with Crippen molar-refractivity contribution in [3.05, 3.63) is 28.7 Å². The third kappa shape index (κ3) is 7.69. The summed E-state index contributed by atoms with van der Waals surface area (Å²) in [6.07, 6.45) is 0.802. The molecule has 0 spiro atoms. The molecule has 1 atom stereocenters. The van der Waals surface area contributed by atoms with E-state index >= 15 is 0 Å².